The second-order valence-electron chi connectivity index (χ2n) is 6.33. The lowest BCUT2D eigenvalue weighted by Crippen LogP contribution is -2.21. The lowest BCUT2D eigenvalue weighted by Gasteiger charge is -2.05. The number of nitrogens with zero attached hydrogens (tertiary/aromatic N) is 2. The van der Waals surface area contributed by atoms with Crippen molar-refractivity contribution >= 4 is 11.0 Å². The summed E-state index contributed by atoms with van der Waals surface area (Å²) in [6.45, 7) is 4.90. The van der Waals surface area contributed by atoms with Gasteiger partial charge in [-0.15, -0.1) is 0 Å². The number of hydrogen-bond donors (Lipinski definition) is 2. The summed E-state index contributed by atoms with van der Waals surface area (Å²) in [6.07, 6.45) is 0. The summed E-state index contributed by atoms with van der Waals surface area (Å²) < 4.78 is 7.30. The molecule has 0 aliphatic heterocycles. The summed E-state index contributed by atoms with van der Waals surface area (Å²) in [4.78, 5) is 15.5. The number of fused-ring (bicyclic) bond motifs is 1. The highest BCUT2D eigenvalue weighted by molar-refractivity contribution is 5.80. The molecule has 1 aromatic carbocycles. The molecular formula is C20H20N4O2. The number of pyridine rings is 1. The third-order valence-corrected chi connectivity index (χ3v) is 4.36. The summed E-state index contributed by atoms with van der Waals surface area (Å²) in [5.41, 5.74) is 3.07. The predicted octanol–water partition coefficient (Wildman–Crippen LogP) is 3.21. The molecule has 132 valence electrons. The van der Waals surface area contributed by atoms with E-state index in [2.05, 4.69) is 15.4 Å². The summed E-state index contributed by atoms with van der Waals surface area (Å²) in [6, 6.07) is 15.6. The van der Waals surface area contributed by atoms with E-state index in [0.717, 1.165) is 28.3 Å². The molecule has 26 heavy (non-hydrogen) atoms. The van der Waals surface area contributed by atoms with Gasteiger partial charge in [-0.05, 0) is 44.2 Å². The van der Waals surface area contributed by atoms with Crippen LogP contribution < -0.4 is 10.9 Å². The van der Waals surface area contributed by atoms with Gasteiger partial charge in [0, 0.05) is 17.5 Å². The third-order valence-electron chi connectivity index (χ3n) is 4.36. The number of nitrogens with one attached hydrogen (secondary N) is 2. The van der Waals surface area contributed by atoms with Crippen molar-refractivity contribution in [3.05, 3.63) is 81.7 Å². The molecular weight excluding hydrogens is 328 g/mol. The van der Waals surface area contributed by atoms with Crippen molar-refractivity contribution in [2.45, 2.75) is 26.9 Å². The molecule has 2 N–H and O–H groups in total. The fourth-order valence-electron chi connectivity index (χ4n) is 3.05. The average Bonchev–Trinajstić information content (AvgIpc) is 3.19. The molecule has 0 fully saturated rings. The van der Waals surface area contributed by atoms with E-state index >= 15 is 0 Å². The van der Waals surface area contributed by atoms with Crippen LogP contribution in [0.25, 0.3) is 16.7 Å². The number of aryl methyl sites for hydroxylation is 2. The number of aromatic nitrogens is 3. The van der Waals surface area contributed by atoms with Crippen LogP contribution in [0.3, 0.4) is 0 Å². The van der Waals surface area contributed by atoms with E-state index < -0.39 is 0 Å². The van der Waals surface area contributed by atoms with Gasteiger partial charge in [0.1, 0.15) is 17.2 Å². The van der Waals surface area contributed by atoms with Crippen molar-refractivity contribution in [2.75, 3.05) is 0 Å². The predicted molar refractivity (Wildman–Crippen MR) is 100 cm³/mol. The number of rotatable bonds is 5. The Kier molecular flexibility index (Phi) is 4.18. The molecule has 6 heteroatoms. The first kappa shape index (κ1) is 16.4. The Morgan fingerprint density at radius 3 is 2.65 bits per heavy atom. The highest BCUT2D eigenvalue weighted by Gasteiger charge is 2.12. The van der Waals surface area contributed by atoms with Crippen LogP contribution in [0.4, 0.5) is 0 Å². The zero-order valence-corrected chi connectivity index (χ0v) is 14.7. The maximum absolute atomic E-state index is 12.5. The molecule has 0 unspecified atom stereocenters. The van der Waals surface area contributed by atoms with E-state index in [1.165, 1.54) is 0 Å². The maximum atomic E-state index is 12.5. The van der Waals surface area contributed by atoms with E-state index in [0.29, 0.717) is 24.3 Å². The molecule has 6 nitrogen and oxygen atoms in total. The van der Waals surface area contributed by atoms with Gasteiger partial charge in [0.05, 0.1) is 17.9 Å². The largest absolute Gasteiger partial charge is 0.465 e. The standard InChI is InChI=1S/C20H20N4O2/c1-13-8-9-17(26-13)12-21-11-15-10-18-14(2)23-24(19(18)22-20(15)25)16-6-4-3-5-7-16/h3-10,21H,11-12H2,1-2H3,(H,22,25). The van der Waals surface area contributed by atoms with E-state index in [1.807, 2.05) is 62.4 Å². The van der Waals surface area contributed by atoms with Crippen LogP contribution >= 0.6 is 0 Å². The van der Waals surface area contributed by atoms with Gasteiger partial charge >= 0.3 is 0 Å². The van der Waals surface area contributed by atoms with Gasteiger partial charge in [0.2, 0.25) is 0 Å². The number of aromatic amines is 1. The molecule has 0 saturated heterocycles. The van der Waals surface area contributed by atoms with Crippen molar-refractivity contribution in [1.82, 2.24) is 20.1 Å². The molecule has 0 atom stereocenters. The van der Waals surface area contributed by atoms with Crippen molar-refractivity contribution in [3.8, 4) is 5.69 Å². The van der Waals surface area contributed by atoms with Gasteiger partial charge in [-0.25, -0.2) is 4.68 Å². The first-order valence-corrected chi connectivity index (χ1v) is 8.55. The second-order valence-corrected chi connectivity index (χ2v) is 6.33. The van der Waals surface area contributed by atoms with Gasteiger partial charge in [-0.1, -0.05) is 18.2 Å². The quantitative estimate of drug-likeness (QED) is 0.581. The molecule has 0 spiro atoms. The van der Waals surface area contributed by atoms with Crippen LogP contribution in [0, 0.1) is 13.8 Å². The molecule has 0 bridgehead atoms. The normalized spacial score (nSPS) is 11.3. The Hall–Kier alpha value is -3.12. The maximum Gasteiger partial charge on any atom is 0.254 e. The smallest absolute Gasteiger partial charge is 0.254 e. The lowest BCUT2D eigenvalue weighted by atomic mass is 10.2. The first-order valence-electron chi connectivity index (χ1n) is 8.55. The zero-order valence-electron chi connectivity index (χ0n) is 14.7. The second kappa shape index (κ2) is 6.65. The fourth-order valence-corrected chi connectivity index (χ4v) is 3.05. The third kappa shape index (κ3) is 3.07. The Labute approximate surface area is 150 Å². The van der Waals surface area contributed by atoms with Gasteiger partial charge < -0.3 is 14.7 Å². The minimum absolute atomic E-state index is 0.113. The lowest BCUT2D eigenvalue weighted by molar-refractivity contribution is 0.461. The van der Waals surface area contributed by atoms with Crippen molar-refractivity contribution in [2.24, 2.45) is 0 Å². The van der Waals surface area contributed by atoms with Crippen molar-refractivity contribution < 1.29 is 4.42 Å². The van der Waals surface area contributed by atoms with Crippen molar-refractivity contribution in [3.63, 3.8) is 0 Å². The zero-order chi connectivity index (χ0) is 18.1. The van der Waals surface area contributed by atoms with Crippen LogP contribution in [-0.2, 0) is 13.1 Å². The van der Waals surface area contributed by atoms with E-state index in [1.54, 1.807) is 4.68 Å². The average molecular weight is 348 g/mol. The number of furan rings is 1. The van der Waals surface area contributed by atoms with E-state index in [9.17, 15) is 4.79 Å². The highest BCUT2D eigenvalue weighted by atomic mass is 16.3. The molecule has 0 saturated carbocycles. The number of H-pyrrole nitrogens is 1. The van der Waals surface area contributed by atoms with Crippen LogP contribution in [0.15, 0.2) is 57.7 Å². The van der Waals surface area contributed by atoms with Crippen LogP contribution in [0.2, 0.25) is 0 Å². The molecule has 4 aromatic rings. The summed E-state index contributed by atoms with van der Waals surface area (Å²) in [5.74, 6) is 1.73. The molecule has 0 aliphatic rings. The SMILES string of the molecule is Cc1ccc(CNCc2cc3c(C)nn(-c4ccccc4)c3[nH]c2=O)o1. The highest BCUT2D eigenvalue weighted by Crippen LogP contribution is 2.19. The molecule has 0 radical (unpaired) electrons. The van der Waals surface area contributed by atoms with Crippen LogP contribution in [-0.4, -0.2) is 14.8 Å². The fraction of sp³-hybridized carbons (Fsp3) is 0.200. The van der Waals surface area contributed by atoms with E-state index in [-0.39, 0.29) is 5.56 Å². The minimum atomic E-state index is -0.113. The van der Waals surface area contributed by atoms with Crippen LogP contribution in [0.1, 0.15) is 22.8 Å². The van der Waals surface area contributed by atoms with Crippen molar-refractivity contribution in [1.29, 1.82) is 0 Å². The van der Waals surface area contributed by atoms with Crippen LogP contribution in [0.5, 0.6) is 0 Å². The Balaban J connectivity index is 1.62. The summed E-state index contributed by atoms with van der Waals surface area (Å²) in [7, 11) is 0. The number of para-hydroxylation sites is 1. The molecule has 4 rings (SSSR count). The first-order chi connectivity index (χ1) is 12.6. The van der Waals surface area contributed by atoms with Gasteiger partial charge in [-0.3, -0.25) is 4.79 Å². The topological polar surface area (TPSA) is 75.8 Å². The number of hydrogen-bond acceptors (Lipinski definition) is 4. The Bertz CT molecular complexity index is 1110. The Morgan fingerprint density at radius 2 is 1.92 bits per heavy atom. The molecule has 3 aromatic heterocycles. The monoisotopic (exact) mass is 348 g/mol. The minimum Gasteiger partial charge on any atom is -0.465 e. The summed E-state index contributed by atoms with van der Waals surface area (Å²) in [5, 5.41) is 8.78. The van der Waals surface area contributed by atoms with Gasteiger partial charge in [0.25, 0.3) is 5.56 Å². The Morgan fingerprint density at radius 1 is 1.12 bits per heavy atom. The van der Waals surface area contributed by atoms with Gasteiger partial charge in [0.15, 0.2) is 0 Å². The van der Waals surface area contributed by atoms with Gasteiger partial charge in [-0.2, -0.15) is 5.10 Å². The summed E-state index contributed by atoms with van der Waals surface area (Å²) >= 11 is 0. The molecule has 0 amide bonds. The molecule has 3 heterocycles. The number of benzene rings is 1. The molecule has 0 aliphatic carbocycles. The van der Waals surface area contributed by atoms with E-state index in [4.69, 9.17) is 4.42 Å².